The minimum absolute atomic E-state index is 0.00277. The highest BCUT2D eigenvalue weighted by atomic mass is 16.7. The second-order valence-electron chi connectivity index (χ2n) is 9.95. The van der Waals surface area contributed by atoms with Crippen molar-refractivity contribution in [3.8, 4) is 22.8 Å². The van der Waals surface area contributed by atoms with Crippen molar-refractivity contribution >= 4 is 23.4 Å². The van der Waals surface area contributed by atoms with E-state index in [1.54, 1.807) is 62.4 Å². The number of ether oxygens (including phenoxy) is 2. The Morgan fingerprint density at radius 2 is 1.67 bits per heavy atom. The van der Waals surface area contributed by atoms with E-state index in [0.717, 1.165) is 17.5 Å². The molecule has 0 unspecified atom stereocenters. The van der Waals surface area contributed by atoms with Crippen LogP contribution >= 0.6 is 0 Å². The van der Waals surface area contributed by atoms with Crippen molar-refractivity contribution in [3.63, 3.8) is 0 Å². The molecule has 0 atom stereocenters. The van der Waals surface area contributed by atoms with E-state index in [1.807, 2.05) is 0 Å². The number of nitrogens with zero attached hydrogens (tertiary/aromatic N) is 2. The molecule has 5 rings (SSSR count). The second-order valence-corrected chi connectivity index (χ2v) is 9.95. The van der Waals surface area contributed by atoms with E-state index in [4.69, 9.17) is 9.47 Å². The van der Waals surface area contributed by atoms with Gasteiger partial charge in [0.1, 0.15) is 5.54 Å². The first-order valence-corrected chi connectivity index (χ1v) is 12.7. The molecular weight excluding hydrogens is 502 g/mol. The van der Waals surface area contributed by atoms with E-state index in [-0.39, 0.29) is 37.6 Å². The number of rotatable bonds is 9. The minimum atomic E-state index is -1.30. The normalized spacial score (nSPS) is 14.0. The molecule has 2 aromatic carbocycles. The molecule has 202 valence electrons. The second kappa shape index (κ2) is 10.6. The van der Waals surface area contributed by atoms with E-state index >= 15 is 0 Å². The Balaban J connectivity index is 1.15. The zero-order valence-electron chi connectivity index (χ0n) is 21.7. The summed E-state index contributed by atoms with van der Waals surface area (Å²) in [5.74, 6) is 0.586. The van der Waals surface area contributed by atoms with Crippen molar-refractivity contribution in [1.29, 1.82) is 0 Å². The Labute approximate surface area is 224 Å². The molecule has 2 aliphatic rings. The average Bonchev–Trinajstić information content (AvgIpc) is 3.68. The molecule has 3 N–H and O–H groups in total. The molecule has 0 bridgehead atoms. The van der Waals surface area contributed by atoms with Gasteiger partial charge in [0.25, 0.3) is 11.5 Å². The number of carbonyl (C=O) groups excluding carboxylic acids is 3. The molecule has 1 saturated carbocycles. The molecular formula is C28H29N5O6. The summed E-state index contributed by atoms with van der Waals surface area (Å²) in [6, 6.07) is 14.9. The van der Waals surface area contributed by atoms with Gasteiger partial charge < -0.3 is 25.4 Å². The molecule has 11 heteroatoms. The number of amides is 3. The predicted molar refractivity (Wildman–Crippen MR) is 143 cm³/mol. The van der Waals surface area contributed by atoms with Crippen LogP contribution in [0.3, 0.4) is 0 Å². The number of hydrogen-bond acceptors (Lipinski definition) is 7. The van der Waals surface area contributed by atoms with Crippen LogP contribution in [0.2, 0.25) is 0 Å². The maximum atomic E-state index is 13.0. The van der Waals surface area contributed by atoms with Gasteiger partial charge in [0.15, 0.2) is 11.5 Å². The summed E-state index contributed by atoms with van der Waals surface area (Å²) >= 11 is 0. The van der Waals surface area contributed by atoms with Gasteiger partial charge in [-0.2, -0.15) is 5.10 Å². The number of nitrogens with one attached hydrogen (secondary N) is 3. The lowest BCUT2D eigenvalue weighted by Gasteiger charge is -2.25. The largest absolute Gasteiger partial charge is 0.454 e. The van der Waals surface area contributed by atoms with Crippen LogP contribution in [0.5, 0.6) is 11.5 Å². The lowest BCUT2D eigenvalue weighted by molar-refractivity contribution is -0.129. The molecule has 1 aliphatic carbocycles. The molecule has 11 nitrogen and oxygen atoms in total. The van der Waals surface area contributed by atoms with Crippen LogP contribution in [-0.2, 0) is 15.1 Å². The van der Waals surface area contributed by atoms with Crippen LogP contribution in [0, 0.1) is 5.92 Å². The van der Waals surface area contributed by atoms with Crippen LogP contribution in [0.1, 0.15) is 37.0 Å². The summed E-state index contributed by atoms with van der Waals surface area (Å²) in [5, 5.41) is 12.8. The van der Waals surface area contributed by atoms with Crippen LogP contribution in [-0.4, -0.2) is 47.4 Å². The van der Waals surface area contributed by atoms with Gasteiger partial charge in [0.05, 0.1) is 5.69 Å². The van der Waals surface area contributed by atoms with Crippen molar-refractivity contribution in [3.05, 3.63) is 70.5 Å². The topological polar surface area (TPSA) is 141 Å². The van der Waals surface area contributed by atoms with Crippen molar-refractivity contribution in [2.24, 2.45) is 5.92 Å². The molecule has 1 aromatic heterocycles. The Bertz CT molecular complexity index is 1480. The number of aromatic nitrogens is 2. The van der Waals surface area contributed by atoms with E-state index in [9.17, 15) is 19.2 Å². The number of hydrogen-bond donors (Lipinski definition) is 3. The standard InChI is InChI=1S/C28H29N5O6/c1-28(2,33-24(34)12-10-21(32-33)19-7-11-22-23(15-19)39-16-38-22)27(37)30-14-13-29-25(35)17-5-8-20(9-6-17)31-26(36)18-3-4-18/h5-12,15,18H,3-4,13-14,16H2,1-2H3,(H,29,35)(H,30,37)(H,31,36). The van der Waals surface area contributed by atoms with Crippen LogP contribution < -0.4 is 31.0 Å². The SMILES string of the molecule is CC(C)(C(=O)NCCNC(=O)c1ccc(NC(=O)C2CC2)cc1)n1nc(-c2ccc3c(c2)OCO3)ccc1=O. The third-order valence-corrected chi connectivity index (χ3v) is 6.61. The van der Waals surface area contributed by atoms with Crippen molar-refractivity contribution in [1.82, 2.24) is 20.4 Å². The van der Waals surface area contributed by atoms with Crippen molar-refractivity contribution in [2.75, 3.05) is 25.2 Å². The molecule has 1 fully saturated rings. The van der Waals surface area contributed by atoms with Gasteiger partial charge in [0.2, 0.25) is 18.6 Å². The Kier molecular flexibility index (Phi) is 7.05. The molecule has 3 aromatic rings. The number of fused-ring (bicyclic) bond motifs is 1. The van der Waals surface area contributed by atoms with Gasteiger partial charge in [-0.05, 0) is 75.2 Å². The highest BCUT2D eigenvalue weighted by Gasteiger charge is 2.32. The van der Waals surface area contributed by atoms with Crippen LogP contribution in [0.4, 0.5) is 5.69 Å². The predicted octanol–water partition coefficient (Wildman–Crippen LogP) is 2.27. The van der Waals surface area contributed by atoms with Gasteiger partial charge in [0, 0.05) is 41.9 Å². The molecule has 0 radical (unpaired) electrons. The highest BCUT2D eigenvalue weighted by Crippen LogP contribution is 2.35. The fourth-order valence-corrected chi connectivity index (χ4v) is 4.08. The maximum Gasteiger partial charge on any atom is 0.267 e. The van der Waals surface area contributed by atoms with Gasteiger partial charge >= 0.3 is 0 Å². The molecule has 39 heavy (non-hydrogen) atoms. The van der Waals surface area contributed by atoms with Crippen molar-refractivity contribution < 1.29 is 23.9 Å². The lowest BCUT2D eigenvalue weighted by Crippen LogP contribution is -2.50. The van der Waals surface area contributed by atoms with Crippen LogP contribution in [0.25, 0.3) is 11.3 Å². The smallest absolute Gasteiger partial charge is 0.267 e. The summed E-state index contributed by atoms with van der Waals surface area (Å²) < 4.78 is 11.9. The van der Waals surface area contributed by atoms with Gasteiger partial charge in [-0.1, -0.05) is 0 Å². The molecule has 2 heterocycles. The number of carbonyl (C=O) groups is 3. The minimum Gasteiger partial charge on any atom is -0.454 e. The third-order valence-electron chi connectivity index (χ3n) is 6.61. The number of anilines is 1. The molecule has 1 aliphatic heterocycles. The van der Waals surface area contributed by atoms with Crippen LogP contribution in [0.15, 0.2) is 59.4 Å². The van der Waals surface area contributed by atoms with E-state index in [0.29, 0.717) is 34.0 Å². The summed E-state index contributed by atoms with van der Waals surface area (Å²) in [6.45, 7) is 3.68. The monoisotopic (exact) mass is 531 g/mol. The highest BCUT2D eigenvalue weighted by molar-refractivity contribution is 5.96. The first kappa shape index (κ1) is 26.0. The molecule has 3 amide bonds. The van der Waals surface area contributed by atoms with E-state index in [1.165, 1.54) is 6.07 Å². The zero-order chi connectivity index (χ0) is 27.6. The van der Waals surface area contributed by atoms with Gasteiger partial charge in [-0.3, -0.25) is 19.2 Å². The van der Waals surface area contributed by atoms with Gasteiger partial charge in [-0.25, -0.2) is 4.68 Å². The summed E-state index contributed by atoms with van der Waals surface area (Å²) in [6.07, 6.45) is 1.84. The van der Waals surface area contributed by atoms with E-state index < -0.39 is 17.0 Å². The van der Waals surface area contributed by atoms with Crippen molar-refractivity contribution in [2.45, 2.75) is 32.2 Å². The fraction of sp³-hybridized carbons (Fsp3) is 0.321. The number of benzene rings is 2. The average molecular weight is 532 g/mol. The Morgan fingerprint density at radius 1 is 0.949 bits per heavy atom. The summed E-state index contributed by atoms with van der Waals surface area (Å²) in [5.41, 5.74) is 0.564. The summed E-state index contributed by atoms with van der Waals surface area (Å²) in [4.78, 5) is 50.0. The fourth-order valence-electron chi connectivity index (χ4n) is 4.08. The first-order chi connectivity index (χ1) is 18.7. The lowest BCUT2D eigenvalue weighted by atomic mass is 10.0. The Morgan fingerprint density at radius 3 is 2.41 bits per heavy atom. The molecule has 0 saturated heterocycles. The maximum absolute atomic E-state index is 13.0. The zero-order valence-corrected chi connectivity index (χ0v) is 21.7. The first-order valence-electron chi connectivity index (χ1n) is 12.7. The Hall–Kier alpha value is -4.67. The third kappa shape index (κ3) is 5.77. The summed E-state index contributed by atoms with van der Waals surface area (Å²) in [7, 11) is 0. The quantitative estimate of drug-likeness (QED) is 0.360. The van der Waals surface area contributed by atoms with Gasteiger partial charge in [-0.15, -0.1) is 0 Å². The van der Waals surface area contributed by atoms with E-state index in [2.05, 4.69) is 21.0 Å². The molecule has 0 spiro atoms.